The minimum atomic E-state index is -0.334. The first-order valence-corrected chi connectivity index (χ1v) is 12.1. The van der Waals surface area contributed by atoms with Crippen molar-refractivity contribution in [3.05, 3.63) is 35.1 Å². The number of benzene rings is 1. The van der Waals surface area contributed by atoms with Crippen LogP contribution in [0, 0.1) is 5.82 Å². The quantitative estimate of drug-likeness (QED) is 0.495. The molecule has 0 amide bonds. The van der Waals surface area contributed by atoms with Gasteiger partial charge in [-0.05, 0) is 25.2 Å². The SMILES string of the molecule is CN1CCN(Cc2cc3nc(-c4cc(F)cc5[nH]ncc45)nc(N4CCOCC4)c3s2)CC1. The first-order valence-electron chi connectivity index (χ1n) is 11.3. The summed E-state index contributed by atoms with van der Waals surface area (Å²) in [5.41, 5.74) is 2.21. The fraction of sp³-hybridized carbons (Fsp3) is 0.435. The number of nitrogens with one attached hydrogen (secondary N) is 1. The summed E-state index contributed by atoms with van der Waals surface area (Å²) < 4.78 is 21.0. The molecule has 0 bridgehead atoms. The van der Waals surface area contributed by atoms with Crippen LogP contribution < -0.4 is 4.90 Å². The van der Waals surface area contributed by atoms with Crippen LogP contribution in [0.25, 0.3) is 32.5 Å². The average molecular weight is 468 g/mol. The summed E-state index contributed by atoms with van der Waals surface area (Å²) in [6, 6.07) is 5.13. The smallest absolute Gasteiger partial charge is 0.163 e. The number of piperazine rings is 1. The predicted octanol–water partition coefficient (Wildman–Crippen LogP) is 2.96. The number of rotatable bonds is 4. The number of hydrogen-bond donors (Lipinski definition) is 1. The van der Waals surface area contributed by atoms with Gasteiger partial charge in [0.15, 0.2) is 11.6 Å². The number of thiophene rings is 1. The molecule has 10 heteroatoms. The van der Waals surface area contributed by atoms with Crippen molar-refractivity contribution in [2.75, 3.05) is 64.4 Å². The van der Waals surface area contributed by atoms with Gasteiger partial charge in [0.2, 0.25) is 0 Å². The van der Waals surface area contributed by atoms with Gasteiger partial charge in [0.05, 0.1) is 35.1 Å². The molecule has 2 aliphatic heterocycles. The average Bonchev–Trinajstić information content (AvgIpc) is 3.46. The van der Waals surface area contributed by atoms with Crippen molar-refractivity contribution >= 4 is 38.3 Å². The van der Waals surface area contributed by atoms with Crippen molar-refractivity contribution in [1.82, 2.24) is 30.0 Å². The molecular weight excluding hydrogens is 441 g/mol. The normalized spacial score (nSPS) is 18.5. The third-order valence-corrected chi connectivity index (χ3v) is 7.56. The number of ether oxygens (including phenoxy) is 1. The number of fused-ring (bicyclic) bond motifs is 2. The van der Waals surface area contributed by atoms with Crippen LogP contribution in [0.3, 0.4) is 0 Å². The Morgan fingerprint density at radius 1 is 1.06 bits per heavy atom. The number of halogens is 1. The fourth-order valence-corrected chi connectivity index (χ4v) is 5.73. The Bertz CT molecular complexity index is 1290. The number of aromatic amines is 1. The first kappa shape index (κ1) is 20.9. The number of morpholine rings is 1. The number of nitrogens with zero attached hydrogens (tertiary/aromatic N) is 6. The molecule has 1 N–H and O–H groups in total. The van der Waals surface area contributed by atoms with Crippen molar-refractivity contribution in [1.29, 1.82) is 0 Å². The second-order valence-electron chi connectivity index (χ2n) is 8.76. The van der Waals surface area contributed by atoms with E-state index in [-0.39, 0.29) is 5.82 Å². The van der Waals surface area contributed by atoms with Crippen LogP contribution in [0.15, 0.2) is 24.4 Å². The standard InChI is InChI=1S/C23H26FN7OS/c1-29-2-4-30(5-3-29)14-16-12-20-21(33-16)23(31-6-8-32-9-7-31)27-22(26-20)17-10-15(24)11-19-18(17)13-25-28-19/h10-13H,2-9,14H2,1H3,(H,25,28). The molecule has 6 rings (SSSR count). The van der Waals surface area contributed by atoms with Gasteiger partial charge in [-0.25, -0.2) is 14.4 Å². The number of aromatic nitrogens is 4. The van der Waals surface area contributed by atoms with Crippen LogP contribution in [0.5, 0.6) is 0 Å². The molecule has 0 saturated carbocycles. The van der Waals surface area contributed by atoms with Gasteiger partial charge in [-0.3, -0.25) is 10.00 Å². The van der Waals surface area contributed by atoms with Crippen molar-refractivity contribution in [2.24, 2.45) is 0 Å². The van der Waals surface area contributed by atoms with Gasteiger partial charge < -0.3 is 14.5 Å². The lowest BCUT2D eigenvalue weighted by Gasteiger charge is -2.31. The number of H-pyrrole nitrogens is 1. The van der Waals surface area contributed by atoms with Crippen molar-refractivity contribution in [2.45, 2.75) is 6.54 Å². The summed E-state index contributed by atoms with van der Waals surface area (Å²) in [6.07, 6.45) is 1.71. The van der Waals surface area contributed by atoms with E-state index in [2.05, 4.69) is 38.0 Å². The monoisotopic (exact) mass is 467 g/mol. The topological polar surface area (TPSA) is 73.4 Å². The van der Waals surface area contributed by atoms with E-state index in [0.29, 0.717) is 30.1 Å². The van der Waals surface area contributed by atoms with E-state index < -0.39 is 0 Å². The molecule has 0 aliphatic carbocycles. The van der Waals surface area contributed by atoms with Crippen molar-refractivity contribution in [3.8, 4) is 11.4 Å². The highest BCUT2D eigenvalue weighted by Crippen LogP contribution is 2.36. The van der Waals surface area contributed by atoms with Gasteiger partial charge >= 0.3 is 0 Å². The van der Waals surface area contributed by atoms with Gasteiger partial charge in [0, 0.05) is 61.6 Å². The van der Waals surface area contributed by atoms with E-state index in [4.69, 9.17) is 14.7 Å². The largest absolute Gasteiger partial charge is 0.378 e. The molecule has 2 fully saturated rings. The lowest BCUT2D eigenvalue weighted by Crippen LogP contribution is -2.43. The third-order valence-electron chi connectivity index (χ3n) is 6.46. The summed E-state index contributed by atoms with van der Waals surface area (Å²) in [5.74, 6) is 1.10. The first-order chi connectivity index (χ1) is 16.1. The molecule has 33 heavy (non-hydrogen) atoms. The number of hydrogen-bond acceptors (Lipinski definition) is 8. The van der Waals surface area contributed by atoms with Crippen molar-refractivity contribution in [3.63, 3.8) is 0 Å². The zero-order valence-electron chi connectivity index (χ0n) is 18.6. The molecule has 4 aromatic rings. The van der Waals surface area contributed by atoms with E-state index in [1.807, 2.05) is 0 Å². The third kappa shape index (κ3) is 4.08. The highest BCUT2D eigenvalue weighted by Gasteiger charge is 2.22. The molecule has 2 saturated heterocycles. The summed E-state index contributed by atoms with van der Waals surface area (Å²) in [7, 11) is 2.17. The van der Waals surface area contributed by atoms with E-state index in [9.17, 15) is 4.39 Å². The molecular formula is C23H26FN7OS. The van der Waals surface area contributed by atoms with Crippen LogP contribution >= 0.6 is 11.3 Å². The summed E-state index contributed by atoms with van der Waals surface area (Å²) in [5, 5.41) is 7.77. The Balaban J connectivity index is 1.44. The highest BCUT2D eigenvalue weighted by atomic mass is 32.1. The molecule has 8 nitrogen and oxygen atoms in total. The molecule has 172 valence electrons. The Morgan fingerprint density at radius 3 is 2.70 bits per heavy atom. The number of anilines is 1. The van der Waals surface area contributed by atoms with Gasteiger partial charge in [-0.1, -0.05) is 0 Å². The Morgan fingerprint density at radius 2 is 1.88 bits per heavy atom. The minimum absolute atomic E-state index is 0.334. The highest BCUT2D eigenvalue weighted by molar-refractivity contribution is 7.19. The van der Waals surface area contributed by atoms with E-state index in [1.54, 1.807) is 17.5 Å². The Labute approximate surface area is 195 Å². The molecule has 0 unspecified atom stereocenters. The summed E-state index contributed by atoms with van der Waals surface area (Å²) >= 11 is 1.77. The van der Waals surface area contributed by atoms with E-state index in [0.717, 1.165) is 67.2 Å². The predicted molar refractivity (Wildman–Crippen MR) is 128 cm³/mol. The summed E-state index contributed by atoms with van der Waals surface area (Å²) in [6.45, 7) is 8.14. The maximum atomic E-state index is 14.4. The van der Waals surface area contributed by atoms with Crippen molar-refractivity contribution < 1.29 is 9.13 Å². The van der Waals surface area contributed by atoms with Crippen LogP contribution in [-0.4, -0.2) is 89.5 Å². The van der Waals surface area contributed by atoms with Crippen LogP contribution in [-0.2, 0) is 11.3 Å². The van der Waals surface area contributed by atoms with Crippen LogP contribution in [0.1, 0.15) is 4.88 Å². The van der Waals surface area contributed by atoms with E-state index in [1.165, 1.54) is 17.0 Å². The van der Waals surface area contributed by atoms with Gasteiger partial charge in [0.1, 0.15) is 5.82 Å². The maximum Gasteiger partial charge on any atom is 0.163 e. The second kappa shape index (κ2) is 8.60. The van der Waals surface area contributed by atoms with Crippen LogP contribution in [0.2, 0.25) is 0 Å². The van der Waals surface area contributed by atoms with Gasteiger partial charge in [0.25, 0.3) is 0 Å². The lowest BCUT2D eigenvalue weighted by atomic mass is 10.1. The molecule has 3 aromatic heterocycles. The van der Waals surface area contributed by atoms with Gasteiger partial charge in [-0.2, -0.15) is 5.10 Å². The molecule has 5 heterocycles. The maximum absolute atomic E-state index is 14.4. The molecule has 0 atom stereocenters. The zero-order chi connectivity index (χ0) is 22.4. The zero-order valence-corrected chi connectivity index (χ0v) is 19.4. The molecule has 0 radical (unpaired) electrons. The number of likely N-dealkylation sites (N-methyl/N-ethyl adjacent to an activating group) is 1. The minimum Gasteiger partial charge on any atom is -0.378 e. The Hall–Kier alpha value is -2.66. The Kier molecular flexibility index (Phi) is 5.45. The lowest BCUT2D eigenvalue weighted by molar-refractivity contribution is 0.122. The molecule has 2 aliphatic rings. The van der Waals surface area contributed by atoms with Gasteiger partial charge in [-0.15, -0.1) is 11.3 Å². The molecule has 1 aromatic carbocycles. The molecule has 0 spiro atoms. The summed E-state index contributed by atoms with van der Waals surface area (Å²) in [4.78, 5) is 18.3. The van der Waals surface area contributed by atoms with E-state index >= 15 is 0 Å². The second-order valence-corrected chi connectivity index (χ2v) is 9.90. The van der Waals surface area contributed by atoms with Crippen LogP contribution in [0.4, 0.5) is 10.2 Å². The fourth-order valence-electron chi connectivity index (χ4n) is 4.58.